The molecule has 5 rings (SSSR count). The minimum absolute atomic E-state index is 0.0769. The van der Waals surface area contributed by atoms with E-state index in [1.807, 2.05) is 19.1 Å². The van der Waals surface area contributed by atoms with E-state index < -0.39 is 18.0 Å². The van der Waals surface area contributed by atoms with Crippen molar-refractivity contribution in [1.82, 2.24) is 25.1 Å². The lowest BCUT2D eigenvalue weighted by atomic mass is 10.1. The number of aryl methyl sites for hydroxylation is 2. The molecule has 38 heavy (non-hydrogen) atoms. The fraction of sp³-hybridized carbons (Fsp3) is 0.250. The molecular weight excluding hydrogens is 555 g/mol. The van der Waals surface area contributed by atoms with Crippen LogP contribution in [0.5, 0.6) is 11.6 Å². The molecule has 0 aliphatic rings. The van der Waals surface area contributed by atoms with Gasteiger partial charge >= 0.3 is 6.09 Å². The molecule has 0 radical (unpaired) electrons. The Morgan fingerprint density at radius 1 is 1.16 bits per heavy atom. The Hall–Kier alpha value is -3.68. The Morgan fingerprint density at radius 2 is 1.97 bits per heavy atom. The van der Waals surface area contributed by atoms with Crippen molar-refractivity contribution in [3.05, 3.63) is 45.8 Å². The monoisotopic (exact) mass is 574 g/mol. The van der Waals surface area contributed by atoms with Gasteiger partial charge in [-0.15, -0.1) is 21.5 Å². The van der Waals surface area contributed by atoms with Crippen LogP contribution in [0.4, 0.5) is 14.3 Å². The number of hydrogen-bond donors (Lipinski definition) is 1. The molecule has 0 spiro atoms. The summed E-state index contributed by atoms with van der Waals surface area (Å²) < 4.78 is 31.8. The van der Waals surface area contributed by atoms with Crippen LogP contribution in [-0.2, 0) is 4.74 Å². The van der Waals surface area contributed by atoms with Gasteiger partial charge in [0.25, 0.3) is 0 Å². The van der Waals surface area contributed by atoms with Gasteiger partial charge in [-0.2, -0.15) is 0 Å². The van der Waals surface area contributed by atoms with Gasteiger partial charge in [0.2, 0.25) is 11.0 Å². The maximum Gasteiger partial charge on any atom is 0.413 e. The first-order valence-electron chi connectivity index (χ1n) is 11.2. The average Bonchev–Trinajstić information content (AvgIpc) is 3.50. The highest BCUT2D eigenvalue weighted by Crippen LogP contribution is 2.40. The van der Waals surface area contributed by atoms with E-state index in [1.165, 1.54) is 42.0 Å². The van der Waals surface area contributed by atoms with Crippen molar-refractivity contribution >= 4 is 66.7 Å². The number of amides is 1. The molecule has 14 heteroatoms. The molecule has 1 N–H and O–H groups in total. The van der Waals surface area contributed by atoms with E-state index in [9.17, 15) is 4.79 Å². The summed E-state index contributed by atoms with van der Waals surface area (Å²) in [5.41, 5.74) is 3.29. The lowest BCUT2D eigenvalue weighted by Crippen LogP contribution is -2.25. The summed E-state index contributed by atoms with van der Waals surface area (Å²) in [6.45, 7) is 5.22. The minimum Gasteiger partial charge on any atom is -0.487 e. The van der Waals surface area contributed by atoms with E-state index in [0.29, 0.717) is 42.3 Å². The highest BCUT2D eigenvalue weighted by atomic mass is 35.5. The SMILES string of the molecule is COc1cnc2c(-c3nc4c(Cl)c(F)c(OC[C@@H](C)OC(=O)Nc5nnc(C)s5)cc4s3)cc(C)cc2n1. The molecule has 10 nitrogen and oxygen atoms in total. The normalized spacial score (nSPS) is 12.1. The second kappa shape index (κ2) is 10.6. The number of anilines is 1. The predicted molar refractivity (Wildman–Crippen MR) is 144 cm³/mol. The van der Waals surface area contributed by atoms with Crippen molar-refractivity contribution in [2.24, 2.45) is 0 Å². The van der Waals surface area contributed by atoms with Crippen molar-refractivity contribution in [2.45, 2.75) is 26.9 Å². The van der Waals surface area contributed by atoms with Gasteiger partial charge in [0, 0.05) is 11.6 Å². The molecule has 0 saturated heterocycles. The molecule has 0 saturated carbocycles. The molecule has 0 fully saturated rings. The second-order valence-corrected chi connectivity index (χ2v) is 10.8. The number of rotatable bonds is 7. The number of nitrogens with one attached hydrogen (secondary N) is 1. The Kier molecular flexibility index (Phi) is 7.23. The van der Waals surface area contributed by atoms with E-state index in [0.717, 1.165) is 11.1 Å². The predicted octanol–water partition coefficient (Wildman–Crippen LogP) is 6.19. The van der Waals surface area contributed by atoms with Gasteiger partial charge in [0.05, 0.1) is 29.0 Å². The van der Waals surface area contributed by atoms with Gasteiger partial charge in [-0.3, -0.25) is 5.32 Å². The molecule has 1 amide bonds. The topological polar surface area (TPSA) is 121 Å². The maximum absolute atomic E-state index is 15.1. The number of nitrogens with zero attached hydrogens (tertiary/aromatic N) is 5. The smallest absolute Gasteiger partial charge is 0.413 e. The van der Waals surface area contributed by atoms with Crippen molar-refractivity contribution in [3.8, 4) is 22.2 Å². The number of carbonyl (C=O) groups is 1. The van der Waals surface area contributed by atoms with Crippen LogP contribution in [0.25, 0.3) is 31.8 Å². The molecule has 1 atom stereocenters. The zero-order valence-corrected chi connectivity index (χ0v) is 22.9. The van der Waals surface area contributed by atoms with Gasteiger partial charge in [-0.25, -0.2) is 24.1 Å². The fourth-order valence-electron chi connectivity index (χ4n) is 3.60. The van der Waals surface area contributed by atoms with Gasteiger partial charge in [-0.05, 0) is 38.5 Å². The molecule has 0 aliphatic heterocycles. The molecule has 0 unspecified atom stereocenters. The number of carbonyl (C=O) groups excluding carboxylic acids is 1. The van der Waals surface area contributed by atoms with Crippen molar-refractivity contribution in [1.29, 1.82) is 0 Å². The standard InChI is InChI=1S/C24H20ClFN6O4S2/c1-10-5-13(20-14(6-10)28-17(34-4)8-27-20)22-29-21-16(38-22)7-15(19(26)18(21)25)35-9-11(2)36-24(33)30-23-32-31-12(3)37-23/h5-8,11H,9H2,1-4H3,(H,30,32,33)/t11-/m1/s1. The average molecular weight is 575 g/mol. The van der Waals surface area contributed by atoms with Crippen molar-refractivity contribution in [3.63, 3.8) is 0 Å². The number of fused-ring (bicyclic) bond motifs is 2. The van der Waals surface area contributed by atoms with Crippen LogP contribution in [0.3, 0.4) is 0 Å². The molecular formula is C24H20ClFN6O4S2. The largest absolute Gasteiger partial charge is 0.487 e. The van der Waals surface area contributed by atoms with E-state index >= 15 is 4.39 Å². The lowest BCUT2D eigenvalue weighted by Gasteiger charge is -2.15. The maximum atomic E-state index is 15.1. The molecule has 3 aromatic heterocycles. The number of hydrogen-bond acceptors (Lipinski definition) is 11. The van der Waals surface area contributed by atoms with Crippen LogP contribution in [0.1, 0.15) is 17.5 Å². The number of halogens is 2. The van der Waals surface area contributed by atoms with Crippen molar-refractivity contribution in [2.75, 3.05) is 19.0 Å². The first-order chi connectivity index (χ1) is 18.2. The number of aromatic nitrogens is 5. The highest BCUT2D eigenvalue weighted by molar-refractivity contribution is 7.21. The first kappa shape index (κ1) is 25.9. The number of methoxy groups -OCH3 is 1. The zero-order valence-electron chi connectivity index (χ0n) is 20.5. The van der Waals surface area contributed by atoms with E-state index in [2.05, 4.69) is 30.5 Å². The van der Waals surface area contributed by atoms with Crippen LogP contribution >= 0.6 is 34.3 Å². The van der Waals surface area contributed by atoms with E-state index in [1.54, 1.807) is 13.8 Å². The zero-order chi connectivity index (χ0) is 27.0. The summed E-state index contributed by atoms with van der Waals surface area (Å²) in [6, 6.07) is 5.37. The Morgan fingerprint density at radius 3 is 2.71 bits per heavy atom. The van der Waals surface area contributed by atoms with Crippen LogP contribution in [0, 0.1) is 19.7 Å². The van der Waals surface area contributed by atoms with E-state index in [4.69, 9.17) is 25.8 Å². The lowest BCUT2D eigenvalue weighted by molar-refractivity contribution is 0.0844. The summed E-state index contributed by atoms with van der Waals surface area (Å²) in [7, 11) is 1.53. The molecule has 0 bridgehead atoms. The first-order valence-corrected chi connectivity index (χ1v) is 13.2. The summed E-state index contributed by atoms with van der Waals surface area (Å²) in [4.78, 5) is 25.6. The Labute approximate surface area is 228 Å². The van der Waals surface area contributed by atoms with Crippen LogP contribution in [0.15, 0.2) is 24.4 Å². The van der Waals surface area contributed by atoms with Gasteiger partial charge in [0.15, 0.2) is 11.6 Å². The van der Waals surface area contributed by atoms with Gasteiger partial charge < -0.3 is 14.2 Å². The Balaban J connectivity index is 1.37. The minimum atomic E-state index is -0.754. The fourth-order valence-corrected chi connectivity index (χ4v) is 5.49. The third kappa shape index (κ3) is 5.30. The molecule has 3 heterocycles. The Bertz CT molecular complexity index is 1680. The quantitative estimate of drug-likeness (QED) is 0.242. The highest BCUT2D eigenvalue weighted by Gasteiger charge is 2.21. The number of ether oxygens (including phenoxy) is 3. The van der Waals surface area contributed by atoms with Crippen LogP contribution in [0.2, 0.25) is 5.02 Å². The third-order valence-corrected chi connectivity index (χ3v) is 7.39. The van der Waals surface area contributed by atoms with Gasteiger partial charge in [0.1, 0.15) is 33.3 Å². The van der Waals surface area contributed by atoms with E-state index in [-0.39, 0.29) is 17.4 Å². The van der Waals surface area contributed by atoms with Crippen LogP contribution < -0.4 is 14.8 Å². The van der Waals surface area contributed by atoms with Crippen LogP contribution in [-0.4, -0.2) is 51.1 Å². The molecule has 196 valence electrons. The van der Waals surface area contributed by atoms with Gasteiger partial charge in [-0.1, -0.05) is 22.9 Å². The molecule has 2 aromatic carbocycles. The summed E-state index contributed by atoms with van der Waals surface area (Å²) in [5.74, 6) is -0.432. The number of thiazole rings is 1. The summed E-state index contributed by atoms with van der Waals surface area (Å²) in [6.07, 6.45) is 0.124. The molecule has 5 aromatic rings. The number of benzene rings is 2. The second-order valence-electron chi connectivity index (χ2n) is 8.24. The molecule has 0 aliphatic carbocycles. The summed E-state index contributed by atoms with van der Waals surface area (Å²) >= 11 is 8.88. The van der Waals surface area contributed by atoms with Crippen molar-refractivity contribution < 1.29 is 23.4 Å². The third-order valence-electron chi connectivity index (χ3n) is 5.26. The summed E-state index contributed by atoms with van der Waals surface area (Å²) in [5, 5.41) is 11.6.